The third-order valence-electron chi connectivity index (χ3n) is 3.12. The second-order valence-electron chi connectivity index (χ2n) is 4.34. The molecule has 1 heterocycles. The zero-order valence-corrected chi connectivity index (χ0v) is 11.7. The molecule has 0 fully saturated rings. The highest BCUT2D eigenvalue weighted by Gasteiger charge is 2.34. The first-order valence-electron chi connectivity index (χ1n) is 6.09. The van der Waals surface area contributed by atoms with E-state index in [4.69, 9.17) is 9.79 Å². The van der Waals surface area contributed by atoms with Crippen LogP contribution in [0.4, 0.5) is 0 Å². The molecule has 1 unspecified atom stereocenters. The van der Waals surface area contributed by atoms with Gasteiger partial charge in [0.05, 0.1) is 5.30 Å². The summed E-state index contributed by atoms with van der Waals surface area (Å²) in [5.74, 6) is 0.695. The molecule has 2 rings (SSSR count). The van der Waals surface area contributed by atoms with Crippen molar-refractivity contribution in [3.8, 4) is 0 Å². The van der Waals surface area contributed by atoms with Crippen molar-refractivity contribution in [2.75, 3.05) is 0 Å². The van der Waals surface area contributed by atoms with Crippen LogP contribution < -0.4 is 5.30 Å². The van der Waals surface area contributed by atoms with Gasteiger partial charge in [0.15, 0.2) is 5.66 Å². The van der Waals surface area contributed by atoms with Crippen molar-refractivity contribution in [1.29, 1.82) is 0 Å². The van der Waals surface area contributed by atoms with Crippen molar-refractivity contribution in [1.82, 2.24) is 0 Å². The lowest BCUT2D eigenvalue weighted by Crippen LogP contribution is -2.19. The Labute approximate surface area is 111 Å². The van der Waals surface area contributed by atoms with E-state index in [1.807, 2.05) is 13.8 Å². The Morgan fingerprint density at radius 1 is 1.21 bits per heavy atom. The number of amidine groups is 1. The molecule has 0 saturated carbocycles. The van der Waals surface area contributed by atoms with Crippen molar-refractivity contribution in [3.05, 3.63) is 29.8 Å². The fraction of sp³-hybridized carbons (Fsp3) is 0.417. The fourth-order valence-electron chi connectivity index (χ4n) is 1.95. The molecule has 1 aromatic carbocycles. The van der Waals surface area contributed by atoms with E-state index in [1.165, 1.54) is 12.1 Å². The van der Waals surface area contributed by atoms with Crippen molar-refractivity contribution >= 4 is 18.7 Å². The zero-order valence-electron chi connectivity index (χ0n) is 10.8. The summed E-state index contributed by atoms with van der Waals surface area (Å²) >= 11 is 0. The lowest BCUT2D eigenvalue weighted by atomic mass is 9.98. The average molecular weight is 281 g/mol. The molecule has 0 spiro atoms. The normalized spacial score (nSPS) is 22.6. The Bertz CT molecular complexity index is 576. The topological polar surface area (TPSA) is 94.6 Å². The molecule has 0 aromatic heterocycles. The molecule has 1 aliphatic rings. The molecule has 6 nitrogen and oxygen atoms in total. The number of rotatable bonds is 4. The number of benzene rings is 1. The van der Waals surface area contributed by atoms with Gasteiger partial charge in [-0.3, -0.25) is 4.57 Å². The third-order valence-corrected chi connectivity index (χ3v) is 4.09. The van der Waals surface area contributed by atoms with Crippen LogP contribution >= 0.6 is 7.60 Å². The van der Waals surface area contributed by atoms with Crippen molar-refractivity contribution in [2.24, 2.45) is 15.2 Å². The molecule has 0 bridgehead atoms. The van der Waals surface area contributed by atoms with Crippen LogP contribution in [0.15, 0.2) is 39.5 Å². The lowest BCUT2D eigenvalue weighted by molar-refractivity contribution is 0.387. The van der Waals surface area contributed by atoms with Crippen LogP contribution in [0.25, 0.3) is 0 Å². The number of aliphatic imine (C=N–C) groups is 1. The first-order valence-corrected chi connectivity index (χ1v) is 7.71. The molecule has 1 atom stereocenters. The quantitative estimate of drug-likeness (QED) is 0.829. The summed E-state index contributed by atoms with van der Waals surface area (Å²) in [6.07, 6.45) is 1.36. The molecule has 0 radical (unpaired) electrons. The van der Waals surface area contributed by atoms with Crippen LogP contribution in [-0.2, 0) is 10.2 Å². The highest BCUT2D eigenvalue weighted by atomic mass is 31.2. The molecule has 2 N–H and O–H groups in total. The van der Waals surface area contributed by atoms with E-state index in [0.717, 1.165) is 5.56 Å². The minimum Gasteiger partial charge on any atom is -0.321 e. The highest BCUT2D eigenvalue weighted by Crippen LogP contribution is 2.37. The van der Waals surface area contributed by atoms with Gasteiger partial charge in [-0.15, -0.1) is 5.11 Å². The van der Waals surface area contributed by atoms with Gasteiger partial charge in [0.25, 0.3) is 0 Å². The Kier molecular flexibility index (Phi) is 3.67. The van der Waals surface area contributed by atoms with Crippen LogP contribution in [0.2, 0.25) is 0 Å². The lowest BCUT2D eigenvalue weighted by Gasteiger charge is -2.20. The van der Waals surface area contributed by atoms with Gasteiger partial charge in [0.2, 0.25) is 0 Å². The van der Waals surface area contributed by atoms with Crippen LogP contribution in [0.5, 0.6) is 0 Å². The fourth-order valence-corrected chi connectivity index (χ4v) is 2.48. The predicted octanol–water partition coefficient (Wildman–Crippen LogP) is 2.33. The summed E-state index contributed by atoms with van der Waals surface area (Å²) in [5, 5.41) is 8.27. The Morgan fingerprint density at radius 2 is 1.84 bits per heavy atom. The maximum absolute atomic E-state index is 11.1. The molecular weight excluding hydrogens is 265 g/mol. The summed E-state index contributed by atoms with van der Waals surface area (Å²) in [6.45, 7) is 3.92. The van der Waals surface area contributed by atoms with E-state index in [-0.39, 0.29) is 5.30 Å². The van der Waals surface area contributed by atoms with E-state index < -0.39 is 13.3 Å². The van der Waals surface area contributed by atoms with Gasteiger partial charge in [-0.05, 0) is 18.6 Å². The molecule has 1 aliphatic heterocycles. The van der Waals surface area contributed by atoms with Gasteiger partial charge in [-0.25, -0.2) is 4.99 Å². The molecule has 7 heteroatoms. The molecule has 0 aliphatic carbocycles. The third kappa shape index (κ3) is 2.66. The Hall–Kier alpha value is -1.36. The molecule has 102 valence electrons. The first kappa shape index (κ1) is 14.1. The van der Waals surface area contributed by atoms with Crippen LogP contribution in [0.1, 0.15) is 32.3 Å². The van der Waals surface area contributed by atoms with Gasteiger partial charge in [0.1, 0.15) is 5.84 Å². The summed E-state index contributed by atoms with van der Waals surface area (Å²) in [4.78, 5) is 22.7. The molecule has 0 saturated heterocycles. The molecule has 19 heavy (non-hydrogen) atoms. The average Bonchev–Trinajstić information content (AvgIpc) is 2.83. The summed E-state index contributed by atoms with van der Waals surface area (Å²) in [6, 6.07) is 6.14. The summed E-state index contributed by atoms with van der Waals surface area (Å²) < 4.78 is 11.1. The SMILES string of the molecule is CCC1=NC(CC)(c2ccc(P(=O)(O)O)cc2)N=N1. The largest absolute Gasteiger partial charge is 0.356 e. The monoisotopic (exact) mass is 281 g/mol. The molecular formula is C12H16N3O3P. The van der Waals surface area contributed by atoms with E-state index in [2.05, 4.69) is 15.2 Å². The number of azo groups is 1. The Morgan fingerprint density at radius 3 is 2.26 bits per heavy atom. The maximum atomic E-state index is 11.1. The molecule has 0 amide bonds. The highest BCUT2D eigenvalue weighted by molar-refractivity contribution is 7.60. The van der Waals surface area contributed by atoms with E-state index in [0.29, 0.717) is 18.7 Å². The van der Waals surface area contributed by atoms with Gasteiger partial charge < -0.3 is 9.79 Å². The predicted molar refractivity (Wildman–Crippen MR) is 72.7 cm³/mol. The minimum absolute atomic E-state index is 0.00265. The maximum Gasteiger partial charge on any atom is 0.356 e. The second-order valence-corrected chi connectivity index (χ2v) is 5.95. The summed E-state index contributed by atoms with van der Waals surface area (Å²) in [7, 11) is -4.21. The standard InChI is InChI=1S/C12H16N3O3P/c1-3-11-13-12(4-2,15-14-11)9-5-7-10(8-6-9)19(16,17)18/h5-8H,3-4H2,1-2H3,(H2,16,17,18). The number of hydrogen-bond donors (Lipinski definition) is 2. The Balaban J connectivity index is 2.40. The van der Waals surface area contributed by atoms with Crippen LogP contribution in [-0.4, -0.2) is 15.6 Å². The van der Waals surface area contributed by atoms with Crippen molar-refractivity contribution in [3.63, 3.8) is 0 Å². The van der Waals surface area contributed by atoms with Gasteiger partial charge >= 0.3 is 7.60 Å². The van der Waals surface area contributed by atoms with Gasteiger partial charge in [-0.1, -0.05) is 26.0 Å². The number of nitrogens with zero attached hydrogens (tertiary/aromatic N) is 3. The van der Waals surface area contributed by atoms with E-state index >= 15 is 0 Å². The zero-order chi connectivity index (χ0) is 14.1. The minimum atomic E-state index is -4.21. The van der Waals surface area contributed by atoms with Gasteiger partial charge in [0, 0.05) is 12.0 Å². The summed E-state index contributed by atoms with van der Waals surface area (Å²) in [5.41, 5.74) is 0.0538. The van der Waals surface area contributed by atoms with Crippen molar-refractivity contribution < 1.29 is 14.4 Å². The number of hydrogen-bond acceptors (Lipinski definition) is 4. The molecule has 1 aromatic rings. The smallest absolute Gasteiger partial charge is 0.321 e. The van der Waals surface area contributed by atoms with Crippen LogP contribution in [0.3, 0.4) is 0 Å². The van der Waals surface area contributed by atoms with E-state index in [1.54, 1.807) is 12.1 Å². The van der Waals surface area contributed by atoms with E-state index in [9.17, 15) is 4.57 Å². The van der Waals surface area contributed by atoms with Crippen molar-refractivity contribution in [2.45, 2.75) is 32.4 Å². The first-order chi connectivity index (χ1) is 8.91. The van der Waals surface area contributed by atoms with Gasteiger partial charge in [-0.2, -0.15) is 5.11 Å². The second kappa shape index (κ2) is 4.96. The van der Waals surface area contributed by atoms with Crippen LogP contribution in [0, 0.1) is 0 Å².